The summed E-state index contributed by atoms with van der Waals surface area (Å²) in [6.07, 6.45) is 9.18. The van der Waals surface area contributed by atoms with Crippen LogP contribution >= 0.6 is 0 Å². The number of halogens is 1. The number of fused-ring (bicyclic) bond motifs is 2. The van der Waals surface area contributed by atoms with Crippen LogP contribution in [0.4, 0.5) is 4.39 Å². The number of alkyl halides is 1. The maximum atomic E-state index is 14.7. The second kappa shape index (κ2) is 9.81. The molecule has 1 unspecified atom stereocenters. The Bertz CT molecular complexity index is 1190. The zero-order valence-electron chi connectivity index (χ0n) is 21.2. The summed E-state index contributed by atoms with van der Waals surface area (Å²) in [5.74, 6) is 0.559. The summed E-state index contributed by atoms with van der Waals surface area (Å²) in [6.45, 7) is 10.9. The van der Waals surface area contributed by atoms with Gasteiger partial charge in [0.05, 0.1) is 18.2 Å². The average molecular weight is 495 g/mol. The number of ether oxygens (including phenoxy) is 2. The number of nitrogens with zero attached hydrogens (tertiary/aromatic N) is 2. The van der Waals surface area contributed by atoms with Crippen LogP contribution < -0.4 is 5.73 Å². The quantitative estimate of drug-likeness (QED) is 0.582. The number of hydrogen-bond acceptors (Lipinski definition) is 4. The third-order valence-electron chi connectivity index (χ3n) is 7.04. The summed E-state index contributed by atoms with van der Waals surface area (Å²) in [7, 11) is 0. The highest BCUT2D eigenvalue weighted by atomic mass is 19.1. The maximum Gasteiger partial charge on any atom is 0.350 e. The molecule has 0 aromatic rings. The zero-order chi connectivity index (χ0) is 26.2. The van der Waals surface area contributed by atoms with Crippen molar-refractivity contribution in [3.63, 3.8) is 0 Å². The molecule has 1 saturated heterocycles. The van der Waals surface area contributed by atoms with Gasteiger partial charge in [-0.05, 0) is 31.0 Å². The fourth-order valence-electron chi connectivity index (χ4n) is 5.04. The molecular weight excluding hydrogens is 461 g/mol. The van der Waals surface area contributed by atoms with Crippen LogP contribution in [0.15, 0.2) is 71.1 Å². The minimum Gasteiger partial charge on any atom is -0.485 e. The van der Waals surface area contributed by atoms with E-state index in [-0.39, 0.29) is 24.6 Å². The zero-order valence-corrected chi connectivity index (χ0v) is 21.2. The number of carbonyl (C=O) groups excluding carboxylic acids is 2. The molecule has 0 aromatic carbocycles. The van der Waals surface area contributed by atoms with E-state index in [1.54, 1.807) is 12.2 Å². The van der Waals surface area contributed by atoms with Crippen molar-refractivity contribution in [2.24, 2.45) is 17.1 Å². The Morgan fingerprint density at radius 2 is 2.22 bits per heavy atom. The highest BCUT2D eigenvalue weighted by Gasteiger charge is 2.45. The summed E-state index contributed by atoms with van der Waals surface area (Å²) in [5.41, 5.74) is 6.89. The van der Waals surface area contributed by atoms with Gasteiger partial charge >= 0.3 is 5.70 Å². The number of allylic oxidation sites excluding steroid dienone is 8. The minimum absolute atomic E-state index is 0.145. The molecule has 2 N–H and O–H groups in total. The van der Waals surface area contributed by atoms with E-state index >= 15 is 0 Å². The second-order valence-electron chi connectivity index (χ2n) is 10.0. The number of likely N-dealkylation sites (tertiary alicyclic amines) is 1. The first-order valence-electron chi connectivity index (χ1n) is 12.3. The van der Waals surface area contributed by atoms with E-state index in [2.05, 4.69) is 31.7 Å². The lowest BCUT2D eigenvalue weighted by Gasteiger charge is -2.32. The van der Waals surface area contributed by atoms with Crippen LogP contribution in [0.5, 0.6) is 0 Å². The molecule has 3 heterocycles. The van der Waals surface area contributed by atoms with E-state index in [1.807, 2.05) is 13.0 Å². The topological polar surface area (TPSA) is 86.2 Å². The molecule has 2 amide bonds. The lowest BCUT2D eigenvalue weighted by Crippen LogP contribution is -2.42. The number of hydrogen-bond donors (Lipinski definition) is 1. The Morgan fingerprint density at radius 1 is 1.47 bits per heavy atom. The predicted octanol–water partition coefficient (Wildman–Crippen LogP) is 4.67. The van der Waals surface area contributed by atoms with E-state index < -0.39 is 29.6 Å². The Balaban J connectivity index is 1.80. The van der Waals surface area contributed by atoms with Gasteiger partial charge in [0.1, 0.15) is 29.1 Å². The highest BCUT2D eigenvalue weighted by molar-refractivity contribution is 5.86. The molecule has 8 heteroatoms. The predicted molar refractivity (Wildman–Crippen MR) is 135 cm³/mol. The van der Waals surface area contributed by atoms with Gasteiger partial charge in [-0.25, -0.2) is 4.39 Å². The van der Waals surface area contributed by atoms with Gasteiger partial charge in [-0.15, -0.1) is 0 Å². The van der Waals surface area contributed by atoms with Crippen molar-refractivity contribution in [1.29, 1.82) is 0 Å². The van der Waals surface area contributed by atoms with Crippen LogP contribution in [-0.2, 0) is 19.1 Å². The molecule has 3 aliphatic heterocycles. The molecule has 4 aliphatic rings. The van der Waals surface area contributed by atoms with Crippen molar-refractivity contribution >= 4 is 11.8 Å². The molecule has 2 bridgehead atoms. The van der Waals surface area contributed by atoms with Gasteiger partial charge < -0.3 is 20.1 Å². The molecule has 4 rings (SSSR count). The van der Waals surface area contributed by atoms with Gasteiger partial charge in [-0.2, -0.15) is 0 Å². The SMILES string of the molecule is C=CC1=C(C(C)F)OC2=C(O[C@@H]3C[C@@H](C(N)=O)N(C(C)=O)C3)C=C(C3=CC[C@@H](C)C=C3)[N+]#C[C@]1(C)C2. The van der Waals surface area contributed by atoms with Crippen molar-refractivity contribution < 1.29 is 23.5 Å². The van der Waals surface area contributed by atoms with Gasteiger partial charge in [0.2, 0.25) is 11.8 Å². The third-order valence-corrected chi connectivity index (χ3v) is 7.04. The Morgan fingerprint density at radius 3 is 2.78 bits per heavy atom. The molecule has 0 radical (unpaired) electrons. The fourth-order valence-corrected chi connectivity index (χ4v) is 5.04. The van der Waals surface area contributed by atoms with E-state index in [0.717, 1.165) is 12.0 Å². The van der Waals surface area contributed by atoms with E-state index in [1.165, 1.54) is 18.7 Å². The van der Waals surface area contributed by atoms with E-state index in [4.69, 9.17) is 20.1 Å². The minimum atomic E-state index is -1.39. The molecule has 1 aliphatic carbocycles. The monoisotopic (exact) mass is 494 g/mol. The van der Waals surface area contributed by atoms with Crippen LogP contribution in [0, 0.1) is 17.4 Å². The summed E-state index contributed by atoms with van der Waals surface area (Å²) < 4.78 is 27.2. The molecule has 0 spiro atoms. The Kier molecular flexibility index (Phi) is 6.94. The number of carbonyl (C=O) groups is 2. The van der Waals surface area contributed by atoms with Crippen molar-refractivity contribution in [3.8, 4) is 6.07 Å². The lowest BCUT2D eigenvalue weighted by atomic mass is 9.76. The third kappa shape index (κ3) is 4.88. The highest BCUT2D eigenvalue weighted by Crippen LogP contribution is 2.46. The van der Waals surface area contributed by atoms with Crippen molar-refractivity contribution in [2.45, 2.75) is 65.3 Å². The molecule has 0 aromatic heterocycles. The van der Waals surface area contributed by atoms with Crippen LogP contribution in [0.1, 0.15) is 47.0 Å². The Labute approximate surface area is 211 Å². The van der Waals surface area contributed by atoms with E-state index in [9.17, 15) is 14.0 Å². The summed E-state index contributed by atoms with van der Waals surface area (Å²) in [6, 6.07) is 2.48. The largest absolute Gasteiger partial charge is 0.485 e. The van der Waals surface area contributed by atoms with E-state index in [0.29, 0.717) is 35.1 Å². The standard InChI is InChI=1S/C28H32FN3O4/c1-6-21-26(17(3)29)36-25-13-28(21,5)15-31-22(19-9-7-16(2)8-10-19)12-24(25)35-20-11-23(27(30)34)32(14-20)18(4)33/h6-7,9-10,12,16-17,20,23H,1,8,11,13-14H2,2-5H3,(H-,30,34)/p+1/t16-,17?,20+,23-,28-/m0/s1. The van der Waals surface area contributed by atoms with Crippen LogP contribution in [0.25, 0.3) is 4.85 Å². The first-order valence-corrected chi connectivity index (χ1v) is 12.3. The molecule has 1 fully saturated rings. The van der Waals surface area contributed by atoms with Crippen LogP contribution in [-0.4, -0.2) is 41.6 Å². The second-order valence-corrected chi connectivity index (χ2v) is 10.0. The van der Waals surface area contributed by atoms with Gasteiger partial charge in [0.25, 0.3) is 6.07 Å². The summed E-state index contributed by atoms with van der Waals surface area (Å²) in [4.78, 5) is 30.2. The van der Waals surface area contributed by atoms with Crippen LogP contribution in [0.3, 0.4) is 0 Å². The van der Waals surface area contributed by atoms with Crippen molar-refractivity contribution in [2.75, 3.05) is 6.54 Å². The number of nitrogens with two attached hydrogens (primary N) is 1. The van der Waals surface area contributed by atoms with Gasteiger partial charge in [-0.1, -0.05) is 37.8 Å². The smallest absolute Gasteiger partial charge is 0.350 e. The number of primary amides is 1. The van der Waals surface area contributed by atoms with Crippen LogP contribution in [0.2, 0.25) is 0 Å². The molecular formula is C28H33FN3O4+. The molecule has 190 valence electrons. The fraction of sp³-hybridized carbons (Fsp3) is 0.464. The maximum absolute atomic E-state index is 14.7. The number of rotatable bonds is 6. The Hall–Kier alpha value is -3.60. The summed E-state index contributed by atoms with van der Waals surface area (Å²) >= 11 is 0. The molecule has 5 atom stereocenters. The van der Waals surface area contributed by atoms with Crippen molar-refractivity contribution in [1.82, 2.24) is 4.90 Å². The van der Waals surface area contributed by atoms with Gasteiger partial charge in [0, 0.05) is 25.3 Å². The summed E-state index contributed by atoms with van der Waals surface area (Å²) in [5, 5.41) is 0. The lowest BCUT2D eigenvalue weighted by molar-refractivity contribution is -0.135. The number of amides is 2. The van der Waals surface area contributed by atoms with Gasteiger partial charge in [0.15, 0.2) is 11.9 Å². The molecule has 36 heavy (non-hydrogen) atoms. The first-order chi connectivity index (χ1) is 17.0. The first kappa shape index (κ1) is 25.5. The molecule has 7 nitrogen and oxygen atoms in total. The van der Waals surface area contributed by atoms with Gasteiger partial charge in [-0.3, -0.25) is 9.59 Å². The molecule has 0 saturated carbocycles. The van der Waals surface area contributed by atoms with Crippen molar-refractivity contribution in [3.05, 3.63) is 75.9 Å². The normalized spacial score (nSPS) is 30.2. The average Bonchev–Trinajstić information content (AvgIpc) is 3.25.